The average molecular weight is 255 g/mol. The molecule has 0 unspecified atom stereocenters. The fraction of sp³-hybridized carbons (Fsp3) is 0.545. The number of nitrogens with two attached hydrogens (primary N) is 1. The molecule has 0 spiro atoms. The molecule has 1 saturated carbocycles. The van der Waals surface area contributed by atoms with Crippen molar-refractivity contribution in [2.75, 3.05) is 0 Å². The van der Waals surface area contributed by atoms with E-state index < -0.39 is 11.8 Å². The van der Waals surface area contributed by atoms with Crippen LogP contribution in [0.3, 0.4) is 0 Å². The highest BCUT2D eigenvalue weighted by Gasteiger charge is 2.17. The molecule has 0 aliphatic heterocycles. The summed E-state index contributed by atoms with van der Waals surface area (Å²) in [6, 6.07) is 0.166. The third-order valence-corrected chi connectivity index (χ3v) is 3.03. The van der Waals surface area contributed by atoms with Gasteiger partial charge in [0.25, 0.3) is 0 Å². The number of nitrogens with zero attached hydrogens (tertiary/aromatic N) is 1. The van der Waals surface area contributed by atoms with Crippen LogP contribution in [0.1, 0.15) is 32.1 Å². The third-order valence-electron chi connectivity index (χ3n) is 2.51. The van der Waals surface area contributed by atoms with E-state index >= 15 is 0 Å². The smallest absolute Gasteiger partial charge is 0.309 e. The molecule has 0 radical (unpaired) electrons. The van der Waals surface area contributed by atoms with Gasteiger partial charge in [-0.25, -0.2) is 0 Å². The van der Waals surface area contributed by atoms with Crippen LogP contribution in [0.15, 0.2) is 17.1 Å². The lowest BCUT2D eigenvalue weighted by molar-refractivity contribution is -0.137. The number of primary amides is 1. The molecule has 2 rings (SSSR count). The largest absolute Gasteiger partial charge is 0.361 e. The van der Waals surface area contributed by atoms with Crippen LogP contribution in [0.5, 0.6) is 0 Å². The van der Waals surface area contributed by atoms with E-state index in [1.807, 2.05) is 5.38 Å². The van der Waals surface area contributed by atoms with Gasteiger partial charge in [-0.05, 0) is 12.8 Å². The molecule has 2 amide bonds. The molecular weight excluding hydrogens is 238 g/mol. The van der Waals surface area contributed by atoms with Gasteiger partial charge in [0, 0.05) is 17.6 Å². The van der Waals surface area contributed by atoms with Gasteiger partial charge in [0.15, 0.2) is 0 Å². The zero-order valence-corrected chi connectivity index (χ0v) is 10.4. The van der Waals surface area contributed by atoms with Crippen molar-refractivity contribution >= 4 is 23.2 Å². The minimum atomic E-state index is -0.888. The van der Waals surface area contributed by atoms with E-state index in [1.54, 1.807) is 23.0 Å². The highest BCUT2D eigenvalue weighted by atomic mass is 32.1. The first-order valence-electron chi connectivity index (χ1n) is 5.62. The van der Waals surface area contributed by atoms with Crippen LogP contribution in [0, 0.1) is 0 Å². The Kier molecular flexibility index (Phi) is 6.24. The Morgan fingerprint density at radius 3 is 2.41 bits per heavy atom. The third kappa shape index (κ3) is 6.01. The molecule has 1 aromatic rings. The van der Waals surface area contributed by atoms with Crippen LogP contribution in [0.25, 0.3) is 0 Å². The Morgan fingerprint density at radius 2 is 2.00 bits per heavy atom. The van der Waals surface area contributed by atoms with Gasteiger partial charge >= 0.3 is 11.8 Å². The van der Waals surface area contributed by atoms with E-state index in [9.17, 15) is 9.59 Å². The van der Waals surface area contributed by atoms with E-state index in [0.717, 1.165) is 25.7 Å². The first-order chi connectivity index (χ1) is 8.20. The summed E-state index contributed by atoms with van der Waals surface area (Å²) in [7, 11) is 0. The number of carbonyl (C=O) groups is 2. The van der Waals surface area contributed by atoms with Gasteiger partial charge in [-0.2, -0.15) is 0 Å². The number of rotatable bonds is 1. The molecule has 1 fully saturated rings. The first kappa shape index (κ1) is 13.6. The second-order valence-electron chi connectivity index (χ2n) is 3.85. The van der Waals surface area contributed by atoms with Crippen molar-refractivity contribution in [2.24, 2.45) is 5.73 Å². The number of amides is 2. The maximum absolute atomic E-state index is 10.8. The summed E-state index contributed by atoms with van der Waals surface area (Å²) in [6.07, 6.45) is 7.19. The summed E-state index contributed by atoms with van der Waals surface area (Å²) in [5, 5.41) is 4.54. The second kappa shape index (κ2) is 7.78. The van der Waals surface area contributed by atoms with Crippen molar-refractivity contribution in [1.82, 2.24) is 10.3 Å². The molecule has 1 heterocycles. The molecule has 0 saturated heterocycles. The molecule has 0 bridgehead atoms. The van der Waals surface area contributed by atoms with Crippen LogP contribution in [-0.4, -0.2) is 22.8 Å². The van der Waals surface area contributed by atoms with Gasteiger partial charge in [-0.1, -0.05) is 19.3 Å². The highest BCUT2D eigenvalue weighted by molar-refractivity contribution is 7.07. The van der Waals surface area contributed by atoms with Crippen molar-refractivity contribution < 1.29 is 9.59 Å². The molecule has 5 nitrogen and oxygen atoms in total. The molecule has 0 atom stereocenters. The fourth-order valence-corrected chi connectivity index (χ4v) is 2.03. The van der Waals surface area contributed by atoms with Gasteiger partial charge in [-0.3, -0.25) is 14.6 Å². The lowest BCUT2D eigenvalue weighted by Crippen LogP contribution is -2.43. The minimum absolute atomic E-state index is 0.166. The maximum Gasteiger partial charge on any atom is 0.309 e. The summed E-state index contributed by atoms with van der Waals surface area (Å²) < 4.78 is 0. The van der Waals surface area contributed by atoms with Crippen LogP contribution in [-0.2, 0) is 9.59 Å². The average Bonchev–Trinajstić information content (AvgIpc) is 2.89. The summed E-state index contributed by atoms with van der Waals surface area (Å²) in [5.74, 6) is -1.54. The van der Waals surface area contributed by atoms with Crippen molar-refractivity contribution in [3.05, 3.63) is 17.1 Å². The molecular formula is C11H17N3O2S. The fourth-order valence-electron chi connectivity index (χ4n) is 1.68. The van der Waals surface area contributed by atoms with E-state index in [2.05, 4.69) is 10.3 Å². The quantitative estimate of drug-likeness (QED) is 0.736. The number of hydrogen-bond donors (Lipinski definition) is 2. The SMILES string of the molecule is NC(=O)C(=O)NC1CCCCC1.c1cscn1. The van der Waals surface area contributed by atoms with E-state index in [0.29, 0.717) is 0 Å². The zero-order valence-electron chi connectivity index (χ0n) is 9.59. The molecule has 3 N–H and O–H groups in total. The van der Waals surface area contributed by atoms with Crippen molar-refractivity contribution in [3.63, 3.8) is 0 Å². The second-order valence-corrected chi connectivity index (χ2v) is 4.60. The molecule has 6 heteroatoms. The summed E-state index contributed by atoms with van der Waals surface area (Å²) in [5.41, 5.74) is 6.59. The molecule has 1 aliphatic rings. The number of carbonyl (C=O) groups excluding carboxylic acids is 2. The predicted molar refractivity (Wildman–Crippen MR) is 66.3 cm³/mol. The van der Waals surface area contributed by atoms with Gasteiger partial charge < -0.3 is 11.1 Å². The summed E-state index contributed by atoms with van der Waals surface area (Å²) in [4.78, 5) is 24.9. The highest BCUT2D eigenvalue weighted by Crippen LogP contribution is 2.16. The topological polar surface area (TPSA) is 85.1 Å². The van der Waals surface area contributed by atoms with Crippen LogP contribution < -0.4 is 11.1 Å². The lowest BCUT2D eigenvalue weighted by Gasteiger charge is -2.21. The van der Waals surface area contributed by atoms with Gasteiger partial charge in [-0.15, -0.1) is 11.3 Å². The van der Waals surface area contributed by atoms with Crippen molar-refractivity contribution in [1.29, 1.82) is 0 Å². The van der Waals surface area contributed by atoms with E-state index in [-0.39, 0.29) is 6.04 Å². The van der Waals surface area contributed by atoms with Crippen LogP contribution >= 0.6 is 11.3 Å². The van der Waals surface area contributed by atoms with Gasteiger partial charge in [0.05, 0.1) is 5.51 Å². The number of thiazole rings is 1. The van der Waals surface area contributed by atoms with Gasteiger partial charge in [0.1, 0.15) is 0 Å². The maximum atomic E-state index is 10.8. The van der Waals surface area contributed by atoms with E-state index in [4.69, 9.17) is 5.73 Å². The van der Waals surface area contributed by atoms with Crippen molar-refractivity contribution in [3.8, 4) is 0 Å². The first-order valence-corrected chi connectivity index (χ1v) is 6.57. The Morgan fingerprint density at radius 1 is 1.29 bits per heavy atom. The predicted octanol–water partition coefficient (Wildman–Crippen LogP) is 1.06. The van der Waals surface area contributed by atoms with E-state index in [1.165, 1.54) is 6.42 Å². The summed E-state index contributed by atoms with van der Waals surface area (Å²) in [6.45, 7) is 0. The lowest BCUT2D eigenvalue weighted by atomic mass is 9.95. The summed E-state index contributed by atoms with van der Waals surface area (Å²) >= 11 is 1.60. The van der Waals surface area contributed by atoms with Gasteiger partial charge in [0.2, 0.25) is 0 Å². The standard InChI is InChI=1S/C8H14N2O2.C3H3NS/c9-7(11)8(12)10-6-4-2-1-3-5-6;1-2-5-3-4-1/h6H,1-5H2,(H2,9,11)(H,10,12);1-3H. The minimum Gasteiger partial charge on any atom is -0.361 e. The number of hydrogen-bond acceptors (Lipinski definition) is 4. The number of aromatic nitrogens is 1. The Labute approximate surface area is 104 Å². The molecule has 94 valence electrons. The number of nitrogens with one attached hydrogen (secondary N) is 1. The van der Waals surface area contributed by atoms with Crippen LogP contribution in [0.2, 0.25) is 0 Å². The zero-order chi connectivity index (χ0) is 12.5. The Hall–Kier alpha value is -1.43. The van der Waals surface area contributed by atoms with Crippen LogP contribution in [0.4, 0.5) is 0 Å². The molecule has 17 heavy (non-hydrogen) atoms. The monoisotopic (exact) mass is 255 g/mol. The molecule has 0 aromatic carbocycles. The molecule has 1 aromatic heterocycles. The normalized spacial score (nSPS) is 15.5. The Bertz CT molecular complexity index is 317. The Balaban J connectivity index is 0.000000239. The van der Waals surface area contributed by atoms with Crippen molar-refractivity contribution in [2.45, 2.75) is 38.1 Å². The molecule has 1 aliphatic carbocycles.